The fraction of sp³-hybridized carbons (Fsp3) is 0.625. The molecule has 0 unspecified atom stereocenters. The summed E-state index contributed by atoms with van der Waals surface area (Å²) < 4.78 is 4.02. The lowest BCUT2D eigenvalue weighted by Crippen LogP contribution is -2.02. The van der Waals surface area contributed by atoms with Crippen LogP contribution in [0.25, 0.3) is 0 Å². The van der Waals surface area contributed by atoms with Crippen LogP contribution in [0.3, 0.4) is 0 Å². The van der Waals surface area contributed by atoms with Crippen LogP contribution >= 0.6 is 11.5 Å². The molecule has 0 aliphatic carbocycles. The first-order chi connectivity index (χ1) is 6.25. The molecule has 4 nitrogen and oxygen atoms in total. The molecule has 0 amide bonds. The number of aliphatic hydroxyl groups excluding tert-OH is 1. The number of unbranched alkanes of at least 4 members (excludes halogenated alkanes) is 1. The largest absolute Gasteiger partial charge is 0.396 e. The van der Waals surface area contributed by atoms with Crippen LogP contribution in [0.2, 0.25) is 0 Å². The molecule has 0 aromatic carbocycles. The van der Waals surface area contributed by atoms with Gasteiger partial charge in [-0.25, -0.2) is 0 Å². The topological polar surface area (TPSA) is 71.2 Å². The normalized spacial score (nSPS) is 10.3. The lowest BCUT2D eigenvalue weighted by Gasteiger charge is -2.02. The molecular weight excluding hydrogens is 186 g/mol. The van der Waals surface area contributed by atoms with Gasteiger partial charge < -0.3 is 16.2 Å². The maximum Gasteiger partial charge on any atom is 0.142 e. The number of aliphatic hydroxyl groups is 1. The highest BCUT2D eigenvalue weighted by Crippen LogP contribution is 2.24. The Morgan fingerprint density at radius 2 is 2.31 bits per heavy atom. The van der Waals surface area contributed by atoms with Gasteiger partial charge in [-0.3, -0.25) is 0 Å². The zero-order valence-corrected chi connectivity index (χ0v) is 8.52. The molecule has 1 aromatic rings. The Kier molecular flexibility index (Phi) is 3.98. The van der Waals surface area contributed by atoms with Gasteiger partial charge in [0, 0.05) is 18.7 Å². The Hall–Kier alpha value is -0.810. The van der Waals surface area contributed by atoms with E-state index in [1.54, 1.807) is 0 Å². The molecule has 0 aliphatic heterocycles. The molecule has 1 aromatic heterocycles. The van der Waals surface area contributed by atoms with E-state index in [2.05, 4.69) is 9.69 Å². The fourth-order valence-electron chi connectivity index (χ4n) is 0.952. The number of rotatable bonds is 5. The van der Waals surface area contributed by atoms with Gasteiger partial charge in [0.15, 0.2) is 0 Å². The smallest absolute Gasteiger partial charge is 0.142 e. The van der Waals surface area contributed by atoms with E-state index in [1.807, 2.05) is 6.92 Å². The summed E-state index contributed by atoms with van der Waals surface area (Å²) in [7, 11) is 0. The summed E-state index contributed by atoms with van der Waals surface area (Å²) in [5.74, 6) is 0.606. The van der Waals surface area contributed by atoms with Crippen LogP contribution in [0.5, 0.6) is 0 Å². The molecular formula is C8H15N3OS. The van der Waals surface area contributed by atoms with Crippen LogP contribution in [-0.4, -0.2) is 22.6 Å². The zero-order chi connectivity index (χ0) is 9.68. The number of hydrogen-bond donors (Lipinski definition) is 3. The van der Waals surface area contributed by atoms with Gasteiger partial charge in [0.1, 0.15) is 10.8 Å². The third-order valence-electron chi connectivity index (χ3n) is 1.83. The van der Waals surface area contributed by atoms with Crippen molar-refractivity contribution in [2.45, 2.75) is 19.8 Å². The summed E-state index contributed by atoms with van der Waals surface area (Å²) in [6.07, 6.45) is 1.80. The van der Waals surface area contributed by atoms with Crippen molar-refractivity contribution in [1.29, 1.82) is 0 Å². The predicted octanol–water partition coefficient (Wildman–Crippen LogP) is 1.22. The number of nitrogen functional groups attached to an aromatic ring is 1. The highest BCUT2D eigenvalue weighted by atomic mass is 32.1. The maximum atomic E-state index is 8.56. The highest BCUT2D eigenvalue weighted by Gasteiger charge is 2.04. The van der Waals surface area contributed by atoms with Crippen molar-refractivity contribution >= 4 is 22.4 Å². The fourth-order valence-corrected chi connectivity index (χ4v) is 1.69. The Labute approximate surface area is 81.9 Å². The van der Waals surface area contributed by atoms with Gasteiger partial charge in [-0.05, 0) is 31.3 Å². The lowest BCUT2D eigenvalue weighted by atomic mass is 10.3. The number of nitrogens with zero attached hydrogens (tertiary/aromatic N) is 1. The number of anilines is 2. The quantitative estimate of drug-likeness (QED) is 0.626. The third-order valence-corrected chi connectivity index (χ3v) is 2.75. The second kappa shape index (κ2) is 5.04. The number of hydrogen-bond acceptors (Lipinski definition) is 5. The summed E-state index contributed by atoms with van der Waals surface area (Å²) in [6, 6.07) is 0. The van der Waals surface area contributed by atoms with Crippen LogP contribution in [0, 0.1) is 6.92 Å². The molecule has 74 valence electrons. The number of nitrogens with one attached hydrogen (secondary N) is 1. The molecule has 1 heterocycles. The molecule has 0 radical (unpaired) electrons. The minimum atomic E-state index is 0.255. The van der Waals surface area contributed by atoms with E-state index in [1.165, 1.54) is 11.5 Å². The Balaban J connectivity index is 2.32. The highest BCUT2D eigenvalue weighted by molar-refractivity contribution is 7.10. The van der Waals surface area contributed by atoms with E-state index >= 15 is 0 Å². The van der Waals surface area contributed by atoms with Gasteiger partial charge in [0.25, 0.3) is 0 Å². The van der Waals surface area contributed by atoms with Crippen LogP contribution in [0.1, 0.15) is 18.4 Å². The lowest BCUT2D eigenvalue weighted by molar-refractivity contribution is 0.286. The van der Waals surface area contributed by atoms with Gasteiger partial charge in [-0.15, -0.1) is 0 Å². The monoisotopic (exact) mass is 201 g/mol. The summed E-state index contributed by atoms with van der Waals surface area (Å²) in [5.41, 5.74) is 6.61. The first kappa shape index (κ1) is 10.3. The Morgan fingerprint density at radius 1 is 1.54 bits per heavy atom. The van der Waals surface area contributed by atoms with Crippen LogP contribution in [0.4, 0.5) is 10.8 Å². The molecule has 0 bridgehead atoms. The van der Waals surface area contributed by atoms with E-state index in [0.717, 1.165) is 30.0 Å². The molecule has 0 fully saturated rings. The van der Waals surface area contributed by atoms with Crippen molar-refractivity contribution in [2.24, 2.45) is 0 Å². The van der Waals surface area contributed by atoms with Crippen molar-refractivity contribution in [3.63, 3.8) is 0 Å². The van der Waals surface area contributed by atoms with Crippen molar-refractivity contribution in [2.75, 3.05) is 24.2 Å². The van der Waals surface area contributed by atoms with Crippen molar-refractivity contribution in [3.8, 4) is 0 Å². The number of aromatic nitrogens is 1. The summed E-state index contributed by atoms with van der Waals surface area (Å²) in [5, 5.41) is 12.8. The first-order valence-corrected chi connectivity index (χ1v) is 5.09. The van der Waals surface area contributed by atoms with Crippen LogP contribution < -0.4 is 11.1 Å². The van der Waals surface area contributed by atoms with Gasteiger partial charge in [0.05, 0.1) is 0 Å². The van der Waals surface area contributed by atoms with Gasteiger partial charge in [0.2, 0.25) is 0 Å². The molecule has 0 atom stereocenters. The average molecular weight is 201 g/mol. The van der Waals surface area contributed by atoms with Gasteiger partial charge in [-0.1, -0.05) is 0 Å². The first-order valence-electron chi connectivity index (χ1n) is 4.32. The van der Waals surface area contributed by atoms with Gasteiger partial charge >= 0.3 is 0 Å². The molecule has 0 aliphatic rings. The predicted molar refractivity (Wildman–Crippen MR) is 56.1 cm³/mol. The second-order valence-corrected chi connectivity index (χ2v) is 3.65. The summed E-state index contributed by atoms with van der Waals surface area (Å²) in [6.45, 7) is 3.07. The summed E-state index contributed by atoms with van der Waals surface area (Å²) in [4.78, 5) is 0. The van der Waals surface area contributed by atoms with Crippen LogP contribution in [0.15, 0.2) is 0 Å². The molecule has 0 saturated carbocycles. The van der Waals surface area contributed by atoms with Crippen molar-refractivity contribution in [3.05, 3.63) is 5.56 Å². The Bertz CT molecular complexity index is 262. The Morgan fingerprint density at radius 3 is 2.85 bits per heavy atom. The minimum absolute atomic E-state index is 0.255. The zero-order valence-electron chi connectivity index (χ0n) is 7.71. The van der Waals surface area contributed by atoms with Crippen molar-refractivity contribution in [1.82, 2.24) is 4.37 Å². The van der Waals surface area contributed by atoms with Crippen molar-refractivity contribution < 1.29 is 5.11 Å². The van der Waals surface area contributed by atoms with E-state index in [4.69, 9.17) is 10.8 Å². The second-order valence-electron chi connectivity index (χ2n) is 2.88. The average Bonchev–Trinajstić information content (AvgIpc) is 2.43. The molecule has 4 N–H and O–H groups in total. The molecule has 1 rings (SSSR count). The molecule has 0 spiro atoms. The van der Waals surface area contributed by atoms with E-state index in [0.29, 0.717) is 5.82 Å². The van der Waals surface area contributed by atoms with E-state index in [-0.39, 0.29) is 6.61 Å². The third kappa shape index (κ3) is 2.86. The maximum absolute atomic E-state index is 8.56. The van der Waals surface area contributed by atoms with E-state index < -0.39 is 0 Å². The number of nitrogens with two attached hydrogens (primary N) is 1. The molecule has 13 heavy (non-hydrogen) atoms. The molecule has 5 heteroatoms. The summed E-state index contributed by atoms with van der Waals surface area (Å²) >= 11 is 1.39. The van der Waals surface area contributed by atoms with Crippen LogP contribution in [-0.2, 0) is 0 Å². The van der Waals surface area contributed by atoms with Gasteiger partial charge in [-0.2, -0.15) is 4.37 Å². The molecule has 0 saturated heterocycles. The minimum Gasteiger partial charge on any atom is -0.396 e. The van der Waals surface area contributed by atoms with E-state index in [9.17, 15) is 0 Å². The SMILES string of the molecule is Cc1c(N)nsc1NCCCCO. The standard InChI is InChI=1S/C8H15N3OS/c1-6-7(9)11-13-8(6)10-4-2-3-5-12/h10,12H,2-5H2,1H3,(H2,9,11).